The predicted octanol–water partition coefficient (Wildman–Crippen LogP) is 4.62. The molecule has 3 heterocycles. The molecule has 1 aliphatic heterocycles. The third kappa shape index (κ3) is 3.92. The highest BCUT2D eigenvalue weighted by molar-refractivity contribution is 7.80. The van der Waals surface area contributed by atoms with Gasteiger partial charge in [0, 0.05) is 37.3 Å². The molecular formula is C23H32N4OS. The van der Waals surface area contributed by atoms with Crippen molar-refractivity contribution in [2.45, 2.75) is 64.1 Å². The molecule has 2 fully saturated rings. The van der Waals surface area contributed by atoms with Crippen molar-refractivity contribution in [3.8, 4) is 0 Å². The molecule has 0 aromatic carbocycles. The maximum atomic E-state index is 5.74. The van der Waals surface area contributed by atoms with E-state index in [0.29, 0.717) is 12.6 Å². The summed E-state index contributed by atoms with van der Waals surface area (Å²) < 4.78 is 7.96. The summed E-state index contributed by atoms with van der Waals surface area (Å²) in [6.07, 6.45) is 8.48. The van der Waals surface area contributed by atoms with E-state index >= 15 is 0 Å². The SMILES string of the molecule is COCCN1C(=S)N[C@@H](c2ccccn2)[C@@H]1c1cc(C)n(C2CCCCC2)c1C. The van der Waals surface area contributed by atoms with Crippen LogP contribution in [0, 0.1) is 13.8 Å². The molecule has 2 aromatic heterocycles. The number of nitrogens with zero attached hydrogens (tertiary/aromatic N) is 3. The number of aromatic nitrogens is 2. The number of hydrogen-bond acceptors (Lipinski definition) is 3. The van der Waals surface area contributed by atoms with Crippen LogP contribution in [0.15, 0.2) is 30.5 Å². The van der Waals surface area contributed by atoms with Gasteiger partial charge in [-0.3, -0.25) is 4.98 Å². The Kier molecular flexibility index (Phi) is 6.20. The van der Waals surface area contributed by atoms with E-state index in [1.165, 1.54) is 49.1 Å². The van der Waals surface area contributed by atoms with Gasteiger partial charge in [0.05, 0.1) is 24.4 Å². The molecule has 2 atom stereocenters. The van der Waals surface area contributed by atoms with Crippen LogP contribution in [-0.4, -0.2) is 39.8 Å². The van der Waals surface area contributed by atoms with Gasteiger partial charge in [-0.25, -0.2) is 0 Å². The smallest absolute Gasteiger partial charge is 0.170 e. The summed E-state index contributed by atoms with van der Waals surface area (Å²) in [5, 5.41) is 4.33. The molecule has 1 saturated carbocycles. The van der Waals surface area contributed by atoms with Crippen LogP contribution in [0.1, 0.15) is 72.9 Å². The summed E-state index contributed by atoms with van der Waals surface area (Å²) in [7, 11) is 1.74. The minimum absolute atomic E-state index is 0.0425. The van der Waals surface area contributed by atoms with Crippen LogP contribution in [-0.2, 0) is 4.74 Å². The van der Waals surface area contributed by atoms with Crippen molar-refractivity contribution in [1.29, 1.82) is 0 Å². The van der Waals surface area contributed by atoms with Gasteiger partial charge >= 0.3 is 0 Å². The summed E-state index contributed by atoms with van der Waals surface area (Å²) in [6, 6.07) is 9.26. The first kappa shape index (κ1) is 20.4. The largest absolute Gasteiger partial charge is 0.383 e. The second-order valence-corrected chi connectivity index (χ2v) is 8.69. The Morgan fingerprint density at radius 1 is 1.21 bits per heavy atom. The molecule has 1 saturated heterocycles. The summed E-state index contributed by atoms with van der Waals surface area (Å²) in [5.41, 5.74) is 5.11. The number of hydrogen-bond donors (Lipinski definition) is 1. The van der Waals surface area contributed by atoms with Gasteiger partial charge in [-0.2, -0.15) is 0 Å². The van der Waals surface area contributed by atoms with Crippen molar-refractivity contribution in [2.75, 3.05) is 20.3 Å². The van der Waals surface area contributed by atoms with E-state index in [1.54, 1.807) is 7.11 Å². The molecule has 1 aliphatic carbocycles. The van der Waals surface area contributed by atoms with E-state index in [4.69, 9.17) is 17.0 Å². The van der Waals surface area contributed by atoms with Crippen LogP contribution < -0.4 is 5.32 Å². The van der Waals surface area contributed by atoms with Gasteiger partial charge in [0.25, 0.3) is 0 Å². The molecule has 4 rings (SSSR count). The maximum Gasteiger partial charge on any atom is 0.170 e. The number of methoxy groups -OCH3 is 1. The van der Waals surface area contributed by atoms with Crippen LogP contribution in [0.25, 0.3) is 0 Å². The van der Waals surface area contributed by atoms with Gasteiger partial charge in [-0.05, 0) is 62.7 Å². The standard InChI is InChI=1S/C23H32N4OS/c1-16-15-19(17(2)27(16)18-9-5-4-6-10-18)22-21(20-11-7-8-12-24-20)25-23(29)26(22)13-14-28-3/h7-8,11-12,15,18,21-22H,4-6,9-10,13-14H2,1-3H3,(H,25,29)/t21-,22-/m0/s1. The Morgan fingerprint density at radius 2 is 2.00 bits per heavy atom. The maximum absolute atomic E-state index is 5.74. The van der Waals surface area contributed by atoms with E-state index < -0.39 is 0 Å². The molecule has 0 spiro atoms. The first-order chi connectivity index (χ1) is 14.1. The zero-order chi connectivity index (χ0) is 20.4. The predicted molar refractivity (Wildman–Crippen MR) is 120 cm³/mol. The lowest BCUT2D eigenvalue weighted by molar-refractivity contribution is 0.164. The van der Waals surface area contributed by atoms with Crippen molar-refractivity contribution in [3.05, 3.63) is 53.1 Å². The quantitative estimate of drug-likeness (QED) is 0.701. The molecular weight excluding hydrogens is 380 g/mol. The molecule has 6 heteroatoms. The van der Waals surface area contributed by atoms with Gasteiger partial charge < -0.3 is 19.5 Å². The first-order valence-corrected chi connectivity index (χ1v) is 11.2. The van der Waals surface area contributed by atoms with Gasteiger partial charge in [-0.1, -0.05) is 25.3 Å². The van der Waals surface area contributed by atoms with E-state index in [-0.39, 0.29) is 12.1 Å². The van der Waals surface area contributed by atoms with Crippen LogP contribution >= 0.6 is 12.2 Å². The Bertz CT molecular complexity index is 844. The molecule has 2 aromatic rings. The normalized spacial score (nSPS) is 22.9. The lowest BCUT2D eigenvalue weighted by atomic mass is 9.94. The Morgan fingerprint density at radius 3 is 2.69 bits per heavy atom. The molecule has 5 nitrogen and oxygen atoms in total. The summed E-state index contributed by atoms with van der Waals surface area (Å²) in [4.78, 5) is 6.93. The van der Waals surface area contributed by atoms with E-state index in [0.717, 1.165) is 17.4 Å². The van der Waals surface area contributed by atoms with E-state index in [2.05, 4.69) is 45.7 Å². The second kappa shape index (κ2) is 8.84. The number of thiocarbonyl (C=S) groups is 1. The number of ether oxygens (including phenoxy) is 1. The third-order valence-electron chi connectivity index (χ3n) is 6.52. The van der Waals surface area contributed by atoms with Crippen molar-refractivity contribution in [1.82, 2.24) is 19.8 Å². The number of rotatable bonds is 6. The molecule has 0 amide bonds. The fraction of sp³-hybridized carbons (Fsp3) is 0.565. The Hall–Kier alpha value is -1.92. The summed E-state index contributed by atoms with van der Waals surface area (Å²) in [6.45, 7) is 5.95. The Labute approximate surface area is 179 Å². The fourth-order valence-electron chi connectivity index (χ4n) is 5.18. The molecule has 0 unspecified atom stereocenters. The van der Waals surface area contributed by atoms with Crippen molar-refractivity contribution in [2.24, 2.45) is 0 Å². The Balaban J connectivity index is 1.74. The lowest BCUT2D eigenvalue weighted by Crippen LogP contribution is -2.32. The molecule has 1 N–H and O–H groups in total. The molecule has 156 valence electrons. The number of nitrogens with one attached hydrogen (secondary N) is 1. The van der Waals surface area contributed by atoms with E-state index in [9.17, 15) is 0 Å². The third-order valence-corrected chi connectivity index (χ3v) is 6.87. The van der Waals surface area contributed by atoms with Crippen molar-refractivity contribution in [3.63, 3.8) is 0 Å². The van der Waals surface area contributed by atoms with Gasteiger partial charge in [0.2, 0.25) is 0 Å². The number of aryl methyl sites for hydroxylation is 1. The summed E-state index contributed by atoms with van der Waals surface area (Å²) in [5.74, 6) is 0. The highest BCUT2D eigenvalue weighted by Gasteiger charge is 2.41. The number of pyridine rings is 1. The topological polar surface area (TPSA) is 42.3 Å². The van der Waals surface area contributed by atoms with Gasteiger partial charge in [0.15, 0.2) is 5.11 Å². The second-order valence-electron chi connectivity index (χ2n) is 8.30. The highest BCUT2D eigenvalue weighted by Crippen LogP contribution is 2.42. The first-order valence-electron chi connectivity index (χ1n) is 10.8. The minimum Gasteiger partial charge on any atom is -0.383 e. The zero-order valence-corrected chi connectivity index (χ0v) is 18.5. The average Bonchev–Trinajstić information content (AvgIpc) is 3.23. The minimum atomic E-state index is 0.0425. The average molecular weight is 413 g/mol. The fourth-order valence-corrected chi connectivity index (χ4v) is 5.51. The van der Waals surface area contributed by atoms with Crippen LogP contribution in [0.4, 0.5) is 0 Å². The van der Waals surface area contributed by atoms with E-state index in [1.807, 2.05) is 18.3 Å². The lowest BCUT2D eigenvalue weighted by Gasteiger charge is -2.29. The molecule has 29 heavy (non-hydrogen) atoms. The van der Waals surface area contributed by atoms with Crippen LogP contribution in [0.3, 0.4) is 0 Å². The van der Waals surface area contributed by atoms with Crippen LogP contribution in [0.2, 0.25) is 0 Å². The van der Waals surface area contributed by atoms with Crippen molar-refractivity contribution >= 4 is 17.3 Å². The monoisotopic (exact) mass is 412 g/mol. The van der Waals surface area contributed by atoms with Gasteiger partial charge in [-0.15, -0.1) is 0 Å². The van der Waals surface area contributed by atoms with Crippen LogP contribution in [0.5, 0.6) is 0 Å². The highest BCUT2D eigenvalue weighted by atomic mass is 32.1. The molecule has 2 aliphatic rings. The van der Waals surface area contributed by atoms with Gasteiger partial charge in [0.1, 0.15) is 0 Å². The molecule has 0 radical (unpaired) electrons. The van der Waals surface area contributed by atoms with Crippen molar-refractivity contribution < 1.29 is 4.74 Å². The summed E-state index contributed by atoms with van der Waals surface area (Å²) >= 11 is 5.74. The zero-order valence-electron chi connectivity index (χ0n) is 17.7. The molecule has 0 bridgehead atoms.